The Bertz CT molecular complexity index is 554. The summed E-state index contributed by atoms with van der Waals surface area (Å²) in [5.74, 6) is 0.573. The molecule has 1 amide bonds. The molecule has 0 bridgehead atoms. The van der Waals surface area contributed by atoms with Gasteiger partial charge in [0.2, 0.25) is 5.95 Å². The van der Waals surface area contributed by atoms with E-state index in [9.17, 15) is 4.79 Å². The third-order valence-electron chi connectivity index (χ3n) is 2.86. The predicted octanol–water partition coefficient (Wildman–Crippen LogP) is 2.70. The lowest BCUT2D eigenvalue weighted by Gasteiger charge is -2.16. The summed E-state index contributed by atoms with van der Waals surface area (Å²) in [7, 11) is 1.82. The summed E-state index contributed by atoms with van der Waals surface area (Å²) in [6.45, 7) is 2.81. The Morgan fingerprint density at radius 2 is 1.85 bits per heavy atom. The van der Waals surface area contributed by atoms with E-state index in [0.29, 0.717) is 11.5 Å². The maximum absolute atomic E-state index is 12.1. The minimum Gasteiger partial charge on any atom is -0.342 e. The lowest BCUT2D eigenvalue weighted by Crippen LogP contribution is -2.27. The number of hydrogen-bond acceptors (Lipinski definition) is 4. The van der Waals surface area contributed by atoms with Crippen LogP contribution in [0.4, 0.5) is 11.6 Å². The van der Waals surface area contributed by atoms with Crippen LogP contribution in [-0.2, 0) is 0 Å². The van der Waals surface area contributed by atoms with Crippen molar-refractivity contribution in [3.63, 3.8) is 0 Å². The molecule has 5 heteroatoms. The molecule has 0 aliphatic heterocycles. The van der Waals surface area contributed by atoms with Crippen LogP contribution < -0.4 is 5.32 Å². The lowest BCUT2D eigenvalue weighted by atomic mass is 10.2. The van der Waals surface area contributed by atoms with E-state index < -0.39 is 0 Å². The van der Waals surface area contributed by atoms with Gasteiger partial charge < -0.3 is 10.2 Å². The van der Waals surface area contributed by atoms with Crippen LogP contribution >= 0.6 is 0 Å². The normalized spacial score (nSPS) is 10.1. The maximum Gasteiger partial charge on any atom is 0.253 e. The molecular formula is C15H18N4O. The van der Waals surface area contributed by atoms with Crippen LogP contribution in [-0.4, -0.2) is 34.4 Å². The summed E-state index contributed by atoms with van der Waals surface area (Å²) in [5.41, 5.74) is 1.53. The number of nitrogens with one attached hydrogen (secondary N) is 1. The van der Waals surface area contributed by atoms with E-state index in [0.717, 1.165) is 18.7 Å². The third-order valence-corrected chi connectivity index (χ3v) is 2.86. The van der Waals surface area contributed by atoms with Crippen molar-refractivity contribution in [2.45, 2.75) is 13.3 Å². The highest BCUT2D eigenvalue weighted by atomic mass is 16.2. The number of nitrogens with zero attached hydrogens (tertiary/aromatic N) is 3. The standard InChI is InChI=1S/C15H18N4O/c1-3-11-19(2)14(20)12-5-7-13(8-6-12)18-15-16-9-4-10-17-15/h4-10H,3,11H2,1-2H3,(H,16,17,18). The fourth-order valence-electron chi connectivity index (χ4n) is 1.85. The van der Waals surface area contributed by atoms with E-state index in [4.69, 9.17) is 0 Å². The zero-order valence-electron chi connectivity index (χ0n) is 11.7. The number of benzene rings is 1. The Kier molecular flexibility index (Phi) is 4.65. The zero-order valence-corrected chi connectivity index (χ0v) is 11.7. The molecule has 0 saturated carbocycles. The number of carbonyl (C=O) groups excluding carboxylic acids is 1. The molecule has 0 spiro atoms. The van der Waals surface area contributed by atoms with E-state index in [1.807, 2.05) is 19.2 Å². The number of anilines is 2. The Balaban J connectivity index is 2.05. The largest absolute Gasteiger partial charge is 0.342 e. The molecule has 2 rings (SSSR count). The highest BCUT2D eigenvalue weighted by Crippen LogP contribution is 2.14. The molecule has 5 nitrogen and oxygen atoms in total. The second-order valence-electron chi connectivity index (χ2n) is 4.50. The van der Waals surface area contributed by atoms with Crippen molar-refractivity contribution in [1.82, 2.24) is 14.9 Å². The van der Waals surface area contributed by atoms with Crippen molar-refractivity contribution >= 4 is 17.5 Å². The monoisotopic (exact) mass is 270 g/mol. The quantitative estimate of drug-likeness (QED) is 0.907. The van der Waals surface area contributed by atoms with Gasteiger partial charge in [0, 0.05) is 37.2 Å². The number of aromatic nitrogens is 2. The molecule has 0 atom stereocenters. The van der Waals surface area contributed by atoms with Crippen molar-refractivity contribution in [3.8, 4) is 0 Å². The van der Waals surface area contributed by atoms with Gasteiger partial charge in [0.05, 0.1) is 0 Å². The lowest BCUT2D eigenvalue weighted by molar-refractivity contribution is 0.0795. The molecule has 0 saturated heterocycles. The van der Waals surface area contributed by atoms with Crippen LogP contribution in [0.2, 0.25) is 0 Å². The van der Waals surface area contributed by atoms with E-state index in [1.54, 1.807) is 35.5 Å². The molecule has 1 aromatic heterocycles. The molecule has 0 radical (unpaired) electrons. The first-order valence-electron chi connectivity index (χ1n) is 6.60. The second-order valence-corrected chi connectivity index (χ2v) is 4.50. The smallest absolute Gasteiger partial charge is 0.253 e. The molecular weight excluding hydrogens is 252 g/mol. The molecule has 2 aromatic rings. The van der Waals surface area contributed by atoms with Gasteiger partial charge in [-0.25, -0.2) is 9.97 Å². The highest BCUT2D eigenvalue weighted by Gasteiger charge is 2.10. The highest BCUT2D eigenvalue weighted by molar-refractivity contribution is 5.94. The van der Waals surface area contributed by atoms with Crippen molar-refractivity contribution in [1.29, 1.82) is 0 Å². The Morgan fingerprint density at radius 1 is 1.20 bits per heavy atom. The van der Waals surface area contributed by atoms with Gasteiger partial charge in [0.25, 0.3) is 5.91 Å². The Labute approximate surface area is 118 Å². The van der Waals surface area contributed by atoms with Crippen LogP contribution in [0.25, 0.3) is 0 Å². The SMILES string of the molecule is CCCN(C)C(=O)c1ccc(Nc2ncccn2)cc1. The molecule has 1 N–H and O–H groups in total. The topological polar surface area (TPSA) is 58.1 Å². The van der Waals surface area contributed by atoms with E-state index in [1.165, 1.54) is 0 Å². The van der Waals surface area contributed by atoms with Gasteiger partial charge in [-0.3, -0.25) is 4.79 Å². The molecule has 0 aliphatic rings. The van der Waals surface area contributed by atoms with Crippen LogP contribution in [0.3, 0.4) is 0 Å². The fourth-order valence-corrected chi connectivity index (χ4v) is 1.85. The van der Waals surface area contributed by atoms with Crippen LogP contribution in [0.5, 0.6) is 0 Å². The first kappa shape index (κ1) is 14.0. The summed E-state index contributed by atoms with van der Waals surface area (Å²) < 4.78 is 0. The summed E-state index contributed by atoms with van der Waals surface area (Å²) in [6.07, 6.45) is 4.30. The van der Waals surface area contributed by atoms with Gasteiger partial charge in [-0.2, -0.15) is 0 Å². The Hall–Kier alpha value is -2.43. The van der Waals surface area contributed by atoms with Crippen LogP contribution in [0.1, 0.15) is 23.7 Å². The van der Waals surface area contributed by atoms with Crippen LogP contribution in [0, 0.1) is 0 Å². The van der Waals surface area contributed by atoms with Gasteiger partial charge in [-0.1, -0.05) is 6.92 Å². The maximum atomic E-state index is 12.1. The molecule has 104 valence electrons. The van der Waals surface area contributed by atoms with E-state index in [-0.39, 0.29) is 5.91 Å². The molecule has 0 aliphatic carbocycles. The molecule has 0 unspecified atom stereocenters. The summed E-state index contributed by atoms with van der Waals surface area (Å²) in [6, 6.07) is 9.07. The van der Waals surface area contributed by atoms with Gasteiger partial charge >= 0.3 is 0 Å². The molecule has 0 fully saturated rings. The van der Waals surface area contributed by atoms with Crippen molar-refractivity contribution in [3.05, 3.63) is 48.3 Å². The van der Waals surface area contributed by atoms with Crippen molar-refractivity contribution < 1.29 is 4.79 Å². The van der Waals surface area contributed by atoms with Crippen molar-refractivity contribution in [2.24, 2.45) is 0 Å². The molecule has 1 aromatic carbocycles. The minimum atomic E-state index is 0.0364. The predicted molar refractivity (Wildman–Crippen MR) is 79.0 cm³/mol. The van der Waals surface area contributed by atoms with E-state index in [2.05, 4.69) is 22.2 Å². The summed E-state index contributed by atoms with van der Waals surface area (Å²) in [4.78, 5) is 22.0. The first-order valence-corrected chi connectivity index (χ1v) is 6.60. The average molecular weight is 270 g/mol. The average Bonchev–Trinajstić information content (AvgIpc) is 2.48. The first-order chi connectivity index (χ1) is 9.70. The Morgan fingerprint density at radius 3 is 2.45 bits per heavy atom. The summed E-state index contributed by atoms with van der Waals surface area (Å²) in [5, 5.41) is 3.08. The van der Waals surface area contributed by atoms with Crippen LogP contribution in [0.15, 0.2) is 42.7 Å². The van der Waals surface area contributed by atoms with Gasteiger partial charge in [0.15, 0.2) is 0 Å². The van der Waals surface area contributed by atoms with Gasteiger partial charge in [0.1, 0.15) is 0 Å². The fraction of sp³-hybridized carbons (Fsp3) is 0.267. The minimum absolute atomic E-state index is 0.0364. The number of amides is 1. The van der Waals surface area contributed by atoms with Gasteiger partial charge in [-0.15, -0.1) is 0 Å². The third kappa shape index (κ3) is 3.54. The summed E-state index contributed by atoms with van der Waals surface area (Å²) >= 11 is 0. The molecule has 20 heavy (non-hydrogen) atoms. The molecule has 1 heterocycles. The second kappa shape index (κ2) is 6.65. The zero-order chi connectivity index (χ0) is 14.4. The van der Waals surface area contributed by atoms with E-state index >= 15 is 0 Å². The van der Waals surface area contributed by atoms with Crippen molar-refractivity contribution in [2.75, 3.05) is 18.9 Å². The van der Waals surface area contributed by atoms with Gasteiger partial charge in [-0.05, 0) is 36.8 Å². The number of carbonyl (C=O) groups is 1. The number of rotatable bonds is 5. The number of hydrogen-bond donors (Lipinski definition) is 1.